The van der Waals surface area contributed by atoms with Gasteiger partial charge in [0.05, 0.1) is 25.8 Å². The van der Waals surface area contributed by atoms with Gasteiger partial charge in [-0.2, -0.15) is 0 Å². The second-order valence-electron chi connectivity index (χ2n) is 10.2. The number of likely N-dealkylation sites (tertiary alicyclic amines) is 1. The van der Waals surface area contributed by atoms with E-state index >= 15 is 0 Å². The van der Waals surface area contributed by atoms with Crippen LogP contribution in [0.5, 0.6) is 17.2 Å². The minimum Gasteiger partial charge on any atom is -0.508 e. The Morgan fingerprint density at radius 3 is 2.26 bits per heavy atom. The molecule has 1 fully saturated rings. The molecule has 0 radical (unpaired) electrons. The standard InChI is InChI=1S/C30H34N2O3/c1-22-28-20-26(34)12-15-29(28)31(30(22)24-8-10-25(33)11-9-24)21-23-6-13-27(14-7-23)35-19-18-32(2)16-4-3-5-17-32/h6-15,20H,3-5,16-19,21H2,1-2H3,(H-,33,34)/p+1. The highest BCUT2D eigenvalue weighted by molar-refractivity contribution is 5.92. The second-order valence-corrected chi connectivity index (χ2v) is 10.2. The van der Waals surface area contributed by atoms with Gasteiger partial charge in [0.25, 0.3) is 0 Å². The molecule has 0 atom stereocenters. The Bertz CT molecular complexity index is 1300. The third kappa shape index (κ3) is 5.01. The predicted octanol–water partition coefficient (Wildman–Crippen LogP) is 6.09. The van der Waals surface area contributed by atoms with Crippen molar-refractivity contribution in [3.63, 3.8) is 0 Å². The smallest absolute Gasteiger partial charge is 0.137 e. The number of phenols is 2. The molecule has 1 aliphatic rings. The average molecular weight is 472 g/mol. The van der Waals surface area contributed by atoms with Gasteiger partial charge in [-0.25, -0.2) is 0 Å². The zero-order chi connectivity index (χ0) is 24.4. The molecule has 182 valence electrons. The molecule has 5 heteroatoms. The van der Waals surface area contributed by atoms with Crippen LogP contribution in [0.4, 0.5) is 0 Å². The first kappa shape index (κ1) is 23.3. The molecule has 3 aromatic carbocycles. The highest BCUT2D eigenvalue weighted by Crippen LogP contribution is 2.36. The van der Waals surface area contributed by atoms with Gasteiger partial charge in [0.15, 0.2) is 0 Å². The molecule has 0 aliphatic carbocycles. The molecule has 1 saturated heterocycles. The molecule has 2 heterocycles. The number of fused-ring (bicyclic) bond motifs is 1. The Morgan fingerprint density at radius 2 is 1.54 bits per heavy atom. The van der Waals surface area contributed by atoms with Gasteiger partial charge >= 0.3 is 0 Å². The highest BCUT2D eigenvalue weighted by Gasteiger charge is 2.24. The molecule has 2 N–H and O–H groups in total. The lowest BCUT2D eigenvalue weighted by Crippen LogP contribution is -2.50. The van der Waals surface area contributed by atoms with E-state index in [-0.39, 0.29) is 11.5 Å². The second kappa shape index (κ2) is 9.67. The van der Waals surface area contributed by atoms with Gasteiger partial charge in [-0.1, -0.05) is 12.1 Å². The number of piperidine rings is 1. The summed E-state index contributed by atoms with van der Waals surface area (Å²) in [7, 11) is 2.35. The van der Waals surface area contributed by atoms with E-state index in [0.29, 0.717) is 6.54 Å². The molecule has 0 spiro atoms. The summed E-state index contributed by atoms with van der Waals surface area (Å²) in [6, 6.07) is 21.2. The summed E-state index contributed by atoms with van der Waals surface area (Å²) in [5.74, 6) is 1.42. The van der Waals surface area contributed by atoms with Crippen LogP contribution in [-0.4, -0.2) is 52.6 Å². The number of hydrogen-bond donors (Lipinski definition) is 2. The van der Waals surface area contributed by atoms with E-state index < -0.39 is 0 Å². The third-order valence-electron chi connectivity index (χ3n) is 7.50. The summed E-state index contributed by atoms with van der Waals surface area (Å²) in [5.41, 5.74) is 5.48. The summed E-state index contributed by atoms with van der Waals surface area (Å²) in [6.45, 7) is 7.09. The van der Waals surface area contributed by atoms with Gasteiger partial charge in [-0.3, -0.25) is 0 Å². The summed E-state index contributed by atoms with van der Waals surface area (Å²) in [6.07, 6.45) is 4.01. The van der Waals surface area contributed by atoms with Crippen molar-refractivity contribution in [3.8, 4) is 28.5 Å². The summed E-state index contributed by atoms with van der Waals surface area (Å²) in [4.78, 5) is 0. The van der Waals surface area contributed by atoms with E-state index in [4.69, 9.17) is 4.74 Å². The molecule has 1 aliphatic heterocycles. The highest BCUT2D eigenvalue weighted by atomic mass is 16.5. The van der Waals surface area contributed by atoms with Crippen LogP contribution in [0.25, 0.3) is 22.2 Å². The SMILES string of the molecule is Cc1c(-c2ccc(O)cc2)n(Cc2ccc(OCC[N+]3(C)CCCCC3)cc2)c2ccc(O)cc12. The average Bonchev–Trinajstić information content (AvgIpc) is 3.12. The van der Waals surface area contributed by atoms with E-state index in [2.05, 4.69) is 42.8 Å². The van der Waals surface area contributed by atoms with E-state index in [1.807, 2.05) is 24.3 Å². The van der Waals surface area contributed by atoms with Crippen molar-refractivity contribution >= 4 is 10.9 Å². The summed E-state index contributed by atoms with van der Waals surface area (Å²) < 4.78 is 9.50. The zero-order valence-electron chi connectivity index (χ0n) is 20.7. The minimum absolute atomic E-state index is 0.249. The van der Waals surface area contributed by atoms with Crippen LogP contribution in [0, 0.1) is 6.92 Å². The Balaban J connectivity index is 1.37. The Hall–Kier alpha value is -3.44. The largest absolute Gasteiger partial charge is 0.508 e. The van der Waals surface area contributed by atoms with Crippen molar-refractivity contribution in [2.45, 2.75) is 32.7 Å². The normalized spacial score (nSPS) is 15.4. The maximum Gasteiger partial charge on any atom is 0.137 e. The molecule has 0 amide bonds. The van der Waals surface area contributed by atoms with Gasteiger partial charge in [-0.05, 0) is 97.5 Å². The Morgan fingerprint density at radius 1 is 0.857 bits per heavy atom. The lowest BCUT2D eigenvalue weighted by Gasteiger charge is -2.37. The Labute approximate surface area is 207 Å². The van der Waals surface area contributed by atoms with Crippen molar-refractivity contribution < 1.29 is 19.4 Å². The Kier molecular flexibility index (Phi) is 6.44. The van der Waals surface area contributed by atoms with E-state index in [9.17, 15) is 10.2 Å². The van der Waals surface area contributed by atoms with Gasteiger partial charge in [0.2, 0.25) is 0 Å². The van der Waals surface area contributed by atoms with Gasteiger partial charge in [-0.15, -0.1) is 0 Å². The van der Waals surface area contributed by atoms with Crippen molar-refractivity contribution in [1.82, 2.24) is 4.57 Å². The van der Waals surface area contributed by atoms with E-state index in [0.717, 1.165) is 51.1 Å². The van der Waals surface area contributed by atoms with Crippen molar-refractivity contribution in [2.75, 3.05) is 33.3 Å². The van der Waals surface area contributed by atoms with Crippen LogP contribution in [0.1, 0.15) is 30.4 Å². The first-order valence-corrected chi connectivity index (χ1v) is 12.6. The van der Waals surface area contributed by atoms with E-state index in [1.54, 1.807) is 18.2 Å². The topological polar surface area (TPSA) is 54.6 Å². The number of aromatic nitrogens is 1. The molecule has 4 aromatic rings. The number of benzene rings is 3. The number of ether oxygens (including phenoxy) is 1. The van der Waals surface area contributed by atoms with Crippen LogP contribution in [-0.2, 0) is 6.54 Å². The number of hydrogen-bond acceptors (Lipinski definition) is 3. The number of aryl methyl sites for hydroxylation is 1. The maximum absolute atomic E-state index is 10.1. The number of quaternary nitrogens is 1. The fourth-order valence-corrected chi connectivity index (χ4v) is 5.42. The molecule has 35 heavy (non-hydrogen) atoms. The number of nitrogens with zero attached hydrogens (tertiary/aromatic N) is 2. The lowest BCUT2D eigenvalue weighted by atomic mass is 10.1. The molecular formula is C30H35N2O3+. The van der Waals surface area contributed by atoms with Crippen molar-refractivity contribution in [1.29, 1.82) is 0 Å². The van der Waals surface area contributed by atoms with Crippen LogP contribution in [0.15, 0.2) is 66.7 Å². The maximum atomic E-state index is 10.1. The predicted molar refractivity (Wildman–Crippen MR) is 141 cm³/mol. The molecular weight excluding hydrogens is 436 g/mol. The van der Waals surface area contributed by atoms with Gasteiger partial charge in [0.1, 0.15) is 30.4 Å². The van der Waals surface area contributed by atoms with E-state index in [1.165, 1.54) is 37.9 Å². The van der Waals surface area contributed by atoms with Crippen molar-refractivity contribution in [2.24, 2.45) is 0 Å². The number of rotatable bonds is 7. The van der Waals surface area contributed by atoms with Crippen LogP contribution < -0.4 is 4.74 Å². The quantitative estimate of drug-likeness (QED) is 0.321. The third-order valence-corrected chi connectivity index (χ3v) is 7.50. The zero-order valence-corrected chi connectivity index (χ0v) is 20.7. The fraction of sp³-hybridized carbons (Fsp3) is 0.333. The minimum atomic E-state index is 0.249. The van der Waals surface area contributed by atoms with Gasteiger partial charge in [0, 0.05) is 17.4 Å². The molecule has 5 nitrogen and oxygen atoms in total. The van der Waals surface area contributed by atoms with Crippen LogP contribution in [0.3, 0.4) is 0 Å². The first-order chi connectivity index (χ1) is 16.9. The van der Waals surface area contributed by atoms with Crippen LogP contribution in [0.2, 0.25) is 0 Å². The number of phenolic OH excluding ortho intramolecular Hbond substituents is 2. The monoisotopic (exact) mass is 471 g/mol. The molecule has 5 rings (SSSR count). The first-order valence-electron chi connectivity index (χ1n) is 12.6. The summed E-state index contributed by atoms with van der Waals surface area (Å²) in [5, 5.41) is 20.9. The lowest BCUT2D eigenvalue weighted by molar-refractivity contribution is -0.914. The molecule has 0 bridgehead atoms. The fourth-order valence-electron chi connectivity index (χ4n) is 5.42. The number of likely N-dealkylation sites (N-methyl/N-ethyl adjacent to an activating group) is 1. The summed E-state index contributed by atoms with van der Waals surface area (Å²) >= 11 is 0. The number of aromatic hydroxyl groups is 2. The van der Waals surface area contributed by atoms with Crippen LogP contribution >= 0.6 is 0 Å². The molecule has 0 saturated carbocycles. The van der Waals surface area contributed by atoms with Crippen molar-refractivity contribution in [3.05, 3.63) is 77.9 Å². The molecule has 1 aromatic heterocycles. The molecule has 0 unspecified atom stereocenters. The van der Waals surface area contributed by atoms with Gasteiger partial charge < -0.3 is 24.0 Å².